The fraction of sp³-hybridized carbons (Fsp3) is 0.308. The van der Waals surface area contributed by atoms with Gasteiger partial charge in [0.05, 0.1) is 23.9 Å². The lowest BCUT2D eigenvalue weighted by molar-refractivity contribution is 0.199. The van der Waals surface area contributed by atoms with Crippen LogP contribution >= 0.6 is 27.3 Å². The minimum atomic E-state index is -0.490. The molecule has 1 heterocycles. The van der Waals surface area contributed by atoms with Gasteiger partial charge >= 0.3 is 0 Å². The van der Waals surface area contributed by atoms with Gasteiger partial charge in [0.2, 0.25) is 0 Å². The molecule has 0 aliphatic carbocycles. The fourth-order valence-electron chi connectivity index (χ4n) is 1.85. The number of aromatic nitrogens is 1. The van der Waals surface area contributed by atoms with Crippen LogP contribution in [0.3, 0.4) is 0 Å². The van der Waals surface area contributed by atoms with E-state index in [1.165, 1.54) is 0 Å². The zero-order valence-corrected chi connectivity index (χ0v) is 12.7. The van der Waals surface area contributed by atoms with Crippen molar-refractivity contribution in [3.8, 4) is 0 Å². The fourth-order valence-corrected chi connectivity index (χ4v) is 2.78. The van der Waals surface area contributed by atoms with Gasteiger partial charge < -0.3 is 10.0 Å². The summed E-state index contributed by atoms with van der Waals surface area (Å²) >= 11 is 5.03. The molecule has 0 amide bonds. The van der Waals surface area contributed by atoms with E-state index in [1.807, 2.05) is 36.1 Å². The molecular formula is C13H15BrN2OS. The summed E-state index contributed by atoms with van der Waals surface area (Å²) in [4.78, 5) is 6.38. The van der Waals surface area contributed by atoms with Crippen LogP contribution in [-0.2, 0) is 6.54 Å². The van der Waals surface area contributed by atoms with Crippen LogP contribution in [0.5, 0.6) is 0 Å². The average molecular weight is 327 g/mol. The first-order valence-corrected chi connectivity index (χ1v) is 7.37. The predicted octanol–water partition coefficient (Wildman–Crippen LogP) is 3.60. The third kappa shape index (κ3) is 3.10. The van der Waals surface area contributed by atoms with E-state index in [-0.39, 0.29) is 0 Å². The summed E-state index contributed by atoms with van der Waals surface area (Å²) in [5.41, 5.74) is 4.82. The minimum Gasteiger partial charge on any atom is -0.389 e. The SMILES string of the molecule is CC(O)c1cc(Br)ccc1N(C)Cc1cscn1. The van der Waals surface area contributed by atoms with Gasteiger partial charge in [-0.3, -0.25) is 0 Å². The molecule has 0 aliphatic rings. The highest BCUT2D eigenvalue weighted by atomic mass is 79.9. The van der Waals surface area contributed by atoms with Crippen LogP contribution < -0.4 is 4.90 Å². The normalized spacial score (nSPS) is 12.4. The van der Waals surface area contributed by atoms with Gasteiger partial charge in [-0.25, -0.2) is 4.98 Å². The summed E-state index contributed by atoms with van der Waals surface area (Å²) in [6.45, 7) is 2.52. The van der Waals surface area contributed by atoms with Crippen LogP contribution in [0.25, 0.3) is 0 Å². The van der Waals surface area contributed by atoms with Crippen LogP contribution in [0, 0.1) is 0 Å². The molecule has 2 rings (SSSR count). The van der Waals surface area contributed by atoms with E-state index in [0.29, 0.717) is 0 Å². The van der Waals surface area contributed by atoms with E-state index in [9.17, 15) is 5.11 Å². The largest absolute Gasteiger partial charge is 0.389 e. The Morgan fingerprint density at radius 2 is 2.28 bits per heavy atom. The van der Waals surface area contributed by atoms with Crippen LogP contribution in [0.4, 0.5) is 5.69 Å². The van der Waals surface area contributed by atoms with Crippen molar-refractivity contribution in [2.24, 2.45) is 0 Å². The molecule has 18 heavy (non-hydrogen) atoms. The van der Waals surface area contributed by atoms with Crippen LogP contribution in [-0.4, -0.2) is 17.1 Å². The molecule has 0 aliphatic heterocycles. The van der Waals surface area contributed by atoms with E-state index in [2.05, 4.69) is 25.8 Å². The van der Waals surface area contributed by atoms with Crippen molar-refractivity contribution in [2.45, 2.75) is 19.6 Å². The third-order valence-corrected chi connectivity index (χ3v) is 3.86. The Bertz CT molecular complexity index is 514. The molecule has 0 bridgehead atoms. The minimum absolute atomic E-state index is 0.490. The maximum Gasteiger partial charge on any atom is 0.0795 e. The van der Waals surface area contributed by atoms with Crippen molar-refractivity contribution in [1.29, 1.82) is 0 Å². The van der Waals surface area contributed by atoms with E-state index >= 15 is 0 Å². The van der Waals surface area contributed by atoms with Crippen molar-refractivity contribution < 1.29 is 5.11 Å². The van der Waals surface area contributed by atoms with E-state index < -0.39 is 6.10 Å². The second kappa shape index (κ2) is 5.82. The summed E-state index contributed by atoms with van der Waals surface area (Å²) in [7, 11) is 2.01. The summed E-state index contributed by atoms with van der Waals surface area (Å²) in [5, 5.41) is 11.9. The van der Waals surface area contributed by atoms with Crippen molar-refractivity contribution in [1.82, 2.24) is 4.98 Å². The number of rotatable bonds is 4. The zero-order valence-electron chi connectivity index (χ0n) is 10.3. The number of nitrogens with zero attached hydrogens (tertiary/aromatic N) is 2. The molecule has 0 saturated carbocycles. The number of benzene rings is 1. The zero-order chi connectivity index (χ0) is 13.1. The van der Waals surface area contributed by atoms with Gasteiger partial charge in [0, 0.05) is 28.2 Å². The molecule has 3 nitrogen and oxygen atoms in total. The monoisotopic (exact) mass is 326 g/mol. The van der Waals surface area contributed by atoms with Crippen molar-refractivity contribution in [2.75, 3.05) is 11.9 Å². The van der Waals surface area contributed by atoms with Crippen LogP contribution in [0.2, 0.25) is 0 Å². The molecule has 0 radical (unpaired) electrons. The van der Waals surface area contributed by atoms with Crippen LogP contribution in [0.15, 0.2) is 33.6 Å². The predicted molar refractivity (Wildman–Crippen MR) is 79.0 cm³/mol. The Morgan fingerprint density at radius 3 is 2.89 bits per heavy atom. The van der Waals surface area contributed by atoms with Crippen molar-refractivity contribution in [3.05, 3.63) is 44.8 Å². The van der Waals surface area contributed by atoms with Gasteiger partial charge in [0.15, 0.2) is 0 Å². The van der Waals surface area contributed by atoms with E-state index in [4.69, 9.17) is 0 Å². The van der Waals surface area contributed by atoms with E-state index in [0.717, 1.165) is 28.0 Å². The number of halogens is 1. The van der Waals surface area contributed by atoms with Gasteiger partial charge in [-0.15, -0.1) is 11.3 Å². The highest BCUT2D eigenvalue weighted by Crippen LogP contribution is 2.29. The lowest BCUT2D eigenvalue weighted by Crippen LogP contribution is -2.18. The molecule has 1 atom stereocenters. The molecule has 1 aromatic heterocycles. The Labute approximate surface area is 119 Å². The summed E-state index contributed by atoms with van der Waals surface area (Å²) in [6.07, 6.45) is -0.490. The molecule has 1 unspecified atom stereocenters. The summed E-state index contributed by atoms with van der Waals surface area (Å²) in [6, 6.07) is 5.95. The molecular weight excluding hydrogens is 312 g/mol. The third-order valence-electron chi connectivity index (χ3n) is 2.73. The van der Waals surface area contributed by atoms with Crippen molar-refractivity contribution in [3.63, 3.8) is 0 Å². The number of anilines is 1. The molecule has 1 aromatic carbocycles. The second-order valence-electron chi connectivity index (χ2n) is 4.21. The first-order chi connectivity index (χ1) is 8.58. The standard InChI is InChI=1S/C13H15BrN2OS/c1-9(17)12-5-10(14)3-4-13(12)16(2)6-11-7-18-8-15-11/h3-5,7-9,17H,6H2,1-2H3. The van der Waals surface area contributed by atoms with Crippen molar-refractivity contribution >= 4 is 33.0 Å². The highest BCUT2D eigenvalue weighted by molar-refractivity contribution is 9.10. The van der Waals surface area contributed by atoms with Gasteiger partial charge in [-0.1, -0.05) is 15.9 Å². The number of aliphatic hydroxyl groups is 1. The van der Waals surface area contributed by atoms with Gasteiger partial charge in [-0.05, 0) is 25.1 Å². The van der Waals surface area contributed by atoms with Gasteiger partial charge in [0.1, 0.15) is 0 Å². The Kier molecular flexibility index (Phi) is 4.37. The first-order valence-electron chi connectivity index (χ1n) is 5.63. The van der Waals surface area contributed by atoms with Gasteiger partial charge in [-0.2, -0.15) is 0 Å². The first kappa shape index (κ1) is 13.5. The molecule has 0 saturated heterocycles. The summed E-state index contributed by atoms with van der Waals surface area (Å²) < 4.78 is 0.976. The molecule has 96 valence electrons. The van der Waals surface area contributed by atoms with Crippen LogP contribution in [0.1, 0.15) is 24.3 Å². The number of hydrogen-bond acceptors (Lipinski definition) is 4. The summed E-state index contributed by atoms with van der Waals surface area (Å²) in [5.74, 6) is 0. The number of thiazole rings is 1. The van der Waals surface area contributed by atoms with Gasteiger partial charge in [0.25, 0.3) is 0 Å². The maximum absolute atomic E-state index is 9.84. The molecule has 1 N–H and O–H groups in total. The highest BCUT2D eigenvalue weighted by Gasteiger charge is 2.13. The molecule has 0 fully saturated rings. The number of aliphatic hydroxyl groups excluding tert-OH is 1. The number of hydrogen-bond donors (Lipinski definition) is 1. The quantitative estimate of drug-likeness (QED) is 0.932. The molecule has 2 aromatic rings. The van der Waals surface area contributed by atoms with E-state index in [1.54, 1.807) is 18.3 Å². The maximum atomic E-state index is 9.84. The lowest BCUT2D eigenvalue weighted by Gasteiger charge is -2.23. The molecule has 0 spiro atoms. The Hall–Kier alpha value is -0.910. The Balaban J connectivity index is 2.26. The molecule has 5 heteroatoms. The second-order valence-corrected chi connectivity index (χ2v) is 5.85. The Morgan fingerprint density at radius 1 is 1.50 bits per heavy atom. The lowest BCUT2D eigenvalue weighted by atomic mass is 10.1. The topological polar surface area (TPSA) is 36.4 Å². The average Bonchev–Trinajstić information content (AvgIpc) is 2.81. The smallest absolute Gasteiger partial charge is 0.0795 e.